The molecule has 1 aliphatic carbocycles. The predicted octanol–water partition coefficient (Wildman–Crippen LogP) is 3.65. The van der Waals surface area contributed by atoms with Crippen LogP contribution in [0.2, 0.25) is 0 Å². The van der Waals surface area contributed by atoms with Crippen LogP contribution in [0.3, 0.4) is 0 Å². The van der Waals surface area contributed by atoms with Crippen molar-refractivity contribution in [1.82, 2.24) is 0 Å². The van der Waals surface area contributed by atoms with Crippen molar-refractivity contribution in [1.29, 1.82) is 0 Å². The maximum Gasteiger partial charge on any atom is 0.250 e. The second kappa shape index (κ2) is 6.94. The lowest BCUT2D eigenvalue weighted by Gasteiger charge is -2.36. The van der Waals surface area contributed by atoms with Gasteiger partial charge in [-0.1, -0.05) is 20.3 Å². The molecule has 1 amide bonds. The Morgan fingerprint density at radius 2 is 1.95 bits per heavy atom. The molecular formula is C17H26N2O2. The molecule has 0 bridgehead atoms. The van der Waals surface area contributed by atoms with Crippen molar-refractivity contribution in [3.8, 4) is 0 Å². The van der Waals surface area contributed by atoms with Gasteiger partial charge in [-0.15, -0.1) is 0 Å². The number of carbonyl (C=O) groups excluding carboxylic acids is 1. The molecule has 1 fully saturated rings. The Morgan fingerprint density at radius 3 is 2.57 bits per heavy atom. The van der Waals surface area contributed by atoms with Gasteiger partial charge in [0.15, 0.2) is 0 Å². The Kier molecular flexibility index (Phi) is 5.23. The normalized spacial score (nSPS) is 20.8. The molecule has 4 heteroatoms. The largest absolute Gasteiger partial charge is 0.382 e. The van der Waals surface area contributed by atoms with E-state index >= 15 is 0 Å². The van der Waals surface area contributed by atoms with Crippen LogP contribution in [-0.4, -0.2) is 25.7 Å². The van der Waals surface area contributed by atoms with E-state index in [1.807, 2.05) is 24.3 Å². The molecular weight excluding hydrogens is 264 g/mol. The SMILES string of the molecule is COCC(=O)Nc1ccc(NC2CCCC(C)(C)C2)cc1. The zero-order valence-corrected chi connectivity index (χ0v) is 13.2. The van der Waals surface area contributed by atoms with Gasteiger partial charge in [0.2, 0.25) is 5.91 Å². The second-order valence-electron chi connectivity index (χ2n) is 6.66. The van der Waals surface area contributed by atoms with E-state index in [9.17, 15) is 4.79 Å². The maximum absolute atomic E-state index is 11.4. The minimum Gasteiger partial charge on any atom is -0.382 e. The number of rotatable bonds is 5. The summed E-state index contributed by atoms with van der Waals surface area (Å²) in [6.45, 7) is 4.77. The minimum absolute atomic E-state index is 0.0805. The molecule has 1 unspecified atom stereocenters. The van der Waals surface area contributed by atoms with Crippen molar-refractivity contribution in [2.24, 2.45) is 5.41 Å². The average molecular weight is 290 g/mol. The number of carbonyl (C=O) groups is 1. The van der Waals surface area contributed by atoms with Crippen molar-refractivity contribution >= 4 is 17.3 Å². The molecule has 0 radical (unpaired) electrons. The van der Waals surface area contributed by atoms with Crippen LogP contribution < -0.4 is 10.6 Å². The Hall–Kier alpha value is -1.55. The highest BCUT2D eigenvalue weighted by Gasteiger charge is 2.27. The van der Waals surface area contributed by atoms with E-state index < -0.39 is 0 Å². The molecule has 0 heterocycles. The van der Waals surface area contributed by atoms with E-state index in [-0.39, 0.29) is 12.5 Å². The number of ether oxygens (including phenoxy) is 1. The third kappa shape index (κ3) is 5.05. The number of hydrogen-bond donors (Lipinski definition) is 2. The van der Waals surface area contributed by atoms with Gasteiger partial charge in [-0.3, -0.25) is 4.79 Å². The van der Waals surface area contributed by atoms with Crippen molar-refractivity contribution < 1.29 is 9.53 Å². The molecule has 1 aromatic rings. The predicted molar refractivity (Wildman–Crippen MR) is 86.6 cm³/mol. The van der Waals surface area contributed by atoms with E-state index in [1.165, 1.54) is 32.8 Å². The van der Waals surface area contributed by atoms with Crippen molar-refractivity contribution in [3.05, 3.63) is 24.3 Å². The summed E-state index contributed by atoms with van der Waals surface area (Å²) >= 11 is 0. The maximum atomic E-state index is 11.4. The molecule has 1 atom stereocenters. The molecule has 2 N–H and O–H groups in total. The number of anilines is 2. The highest BCUT2D eigenvalue weighted by Crippen LogP contribution is 2.36. The van der Waals surface area contributed by atoms with Gasteiger partial charge >= 0.3 is 0 Å². The Balaban J connectivity index is 1.89. The van der Waals surface area contributed by atoms with Crippen LogP contribution in [0, 0.1) is 5.41 Å². The molecule has 2 rings (SSSR count). The summed E-state index contributed by atoms with van der Waals surface area (Å²) in [7, 11) is 1.51. The van der Waals surface area contributed by atoms with Crippen molar-refractivity contribution in [2.75, 3.05) is 24.4 Å². The average Bonchev–Trinajstić information content (AvgIpc) is 2.40. The fourth-order valence-corrected chi connectivity index (χ4v) is 3.04. The Morgan fingerprint density at radius 1 is 1.29 bits per heavy atom. The smallest absolute Gasteiger partial charge is 0.250 e. The van der Waals surface area contributed by atoms with E-state index in [0.29, 0.717) is 11.5 Å². The summed E-state index contributed by atoms with van der Waals surface area (Å²) in [4.78, 5) is 11.4. The van der Waals surface area contributed by atoms with Crippen LogP contribution in [-0.2, 0) is 9.53 Å². The molecule has 4 nitrogen and oxygen atoms in total. The van der Waals surface area contributed by atoms with Crippen LogP contribution in [0.5, 0.6) is 0 Å². The molecule has 21 heavy (non-hydrogen) atoms. The first-order valence-corrected chi connectivity index (χ1v) is 7.64. The molecule has 1 saturated carbocycles. The fraction of sp³-hybridized carbons (Fsp3) is 0.588. The van der Waals surface area contributed by atoms with Crippen molar-refractivity contribution in [2.45, 2.75) is 45.6 Å². The number of benzene rings is 1. The van der Waals surface area contributed by atoms with Crippen LogP contribution in [0.15, 0.2) is 24.3 Å². The molecule has 1 aliphatic rings. The van der Waals surface area contributed by atoms with E-state index in [4.69, 9.17) is 4.74 Å². The van der Waals surface area contributed by atoms with Gasteiger partial charge in [0.1, 0.15) is 6.61 Å². The highest BCUT2D eigenvalue weighted by molar-refractivity contribution is 5.91. The van der Waals surface area contributed by atoms with Gasteiger partial charge in [-0.2, -0.15) is 0 Å². The monoisotopic (exact) mass is 290 g/mol. The van der Waals surface area contributed by atoms with E-state index in [0.717, 1.165) is 11.4 Å². The number of nitrogens with one attached hydrogen (secondary N) is 2. The third-order valence-electron chi connectivity index (χ3n) is 4.02. The summed E-state index contributed by atoms with van der Waals surface area (Å²) < 4.78 is 4.80. The van der Waals surface area contributed by atoms with E-state index in [2.05, 4.69) is 24.5 Å². The first-order valence-electron chi connectivity index (χ1n) is 7.64. The summed E-state index contributed by atoms with van der Waals surface area (Å²) in [5, 5.41) is 6.40. The standard InChI is InChI=1S/C17H26N2O2/c1-17(2)10-4-5-15(11-17)18-13-6-8-14(9-7-13)19-16(20)12-21-3/h6-9,15,18H,4-5,10-12H2,1-3H3,(H,19,20). The van der Waals surface area contributed by atoms with Gasteiger partial charge in [0, 0.05) is 24.5 Å². The van der Waals surface area contributed by atoms with Crippen LogP contribution in [0.25, 0.3) is 0 Å². The van der Waals surface area contributed by atoms with Gasteiger partial charge in [-0.25, -0.2) is 0 Å². The Labute approximate surface area is 127 Å². The number of methoxy groups -OCH3 is 1. The van der Waals surface area contributed by atoms with Crippen LogP contribution in [0.4, 0.5) is 11.4 Å². The number of hydrogen-bond acceptors (Lipinski definition) is 3. The van der Waals surface area contributed by atoms with Gasteiger partial charge in [0.05, 0.1) is 0 Å². The minimum atomic E-state index is -0.132. The lowest BCUT2D eigenvalue weighted by molar-refractivity contribution is -0.119. The quantitative estimate of drug-likeness (QED) is 0.870. The van der Waals surface area contributed by atoms with E-state index in [1.54, 1.807) is 0 Å². The highest BCUT2D eigenvalue weighted by atomic mass is 16.5. The second-order valence-corrected chi connectivity index (χ2v) is 6.66. The molecule has 0 aliphatic heterocycles. The van der Waals surface area contributed by atoms with Gasteiger partial charge < -0.3 is 15.4 Å². The fourth-order valence-electron chi connectivity index (χ4n) is 3.04. The molecule has 1 aromatic carbocycles. The third-order valence-corrected chi connectivity index (χ3v) is 4.02. The number of amides is 1. The van der Waals surface area contributed by atoms with Crippen LogP contribution >= 0.6 is 0 Å². The summed E-state index contributed by atoms with van der Waals surface area (Å²) in [5.41, 5.74) is 2.35. The molecule has 0 saturated heterocycles. The lowest BCUT2D eigenvalue weighted by Crippen LogP contribution is -2.31. The first kappa shape index (κ1) is 15.8. The van der Waals surface area contributed by atoms with Crippen molar-refractivity contribution in [3.63, 3.8) is 0 Å². The topological polar surface area (TPSA) is 50.4 Å². The zero-order valence-electron chi connectivity index (χ0n) is 13.2. The Bertz CT molecular complexity index is 468. The van der Waals surface area contributed by atoms with Gasteiger partial charge in [-0.05, 0) is 48.9 Å². The zero-order chi connectivity index (χ0) is 15.3. The van der Waals surface area contributed by atoms with Crippen LogP contribution in [0.1, 0.15) is 39.5 Å². The molecule has 116 valence electrons. The molecule has 0 spiro atoms. The molecule has 0 aromatic heterocycles. The summed E-state index contributed by atoms with van der Waals surface area (Å²) in [6, 6.07) is 8.42. The summed E-state index contributed by atoms with van der Waals surface area (Å²) in [6.07, 6.45) is 5.04. The lowest BCUT2D eigenvalue weighted by atomic mass is 9.75. The first-order chi connectivity index (χ1) is 9.98. The van der Waals surface area contributed by atoms with Gasteiger partial charge in [0.25, 0.3) is 0 Å². The summed E-state index contributed by atoms with van der Waals surface area (Å²) in [5.74, 6) is -0.132.